The fourth-order valence-corrected chi connectivity index (χ4v) is 4.72. The third kappa shape index (κ3) is 2.90. The zero-order valence-corrected chi connectivity index (χ0v) is 15.6. The van der Waals surface area contributed by atoms with Gasteiger partial charge in [0.05, 0.1) is 0 Å². The number of aromatic nitrogens is 3. The minimum atomic E-state index is -0.186. The Morgan fingerprint density at radius 1 is 1.07 bits per heavy atom. The predicted molar refractivity (Wildman–Crippen MR) is 107 cm³/mol. The number of nitrogen functional groups attached to an aromatic ring is 1. The Kier molecular flexibility index (Phi) is 3.93. The van der Waals surface area contributed by atoms with Crippen molar-refractivity contribution in [3.8, 4) is 10.6 Å². The molecule has 0 saturated carbocycles. The highest BCUT2D eigenvalue weighted by Gasteiger charge is 2.21. The second-order valence-corrected chi connectivity index (χ2v) is 8.03. The first-order valence-electron chi connectivity index (χ1n) is 9.17. The summed E-state index contributed by atoms with van der Waals surface area (Å²) in [5, 5.41) is 10.7. The molecule has 6 heteroatoms. The smallest absolute Gasteiger partial charge is 0.203 e. The molecule has 1 aliphatic carbocycles. The topological polar surface area (TPSA) is 56.7 Å². The molecular formula is C21H19FN4S. The highest BCUT2D eigenvalue weighted by molar-refractivity contribution is 7.18. The number of benzene rings is 2. The van der Waals surface area contributed by atoms with Crippen molar-refractivity contribution in [3.05, 3.63) is 65.1 Å². The molecule has 0 bridgehead atoms. The Balaban J connectivity index is 1.66. The van der Waals surface area contributed by atoms with E-state index in [2.05, 4.69) is 33.0 Å². The lowest BCUT2D eigenvalue weighted by atomic mass is 9.95. The molecule has 1 aliphatic rings. The third-order valence-corrected chi connectivity index (χ3v) is 6.10. The number of hydrogen-bond donors (Lipinski definition) is 1. The second-order valence-electron chi connectivity index (χ2n) is 7.03. The molecule has 0 spiro atoms. The summed E-state index contributed by atoms with van der Waals surface area (Å²) in [7, 11) is 0. The van der Waals surface area contributed by atoms with E-state index in [0.717, 1.165) is 29.0 Å². The maximum atomic E-state index is 13.7. The van der Waals surface area contributed by atoms with Gasteiger partial charge in [-0.2, -0.15) is 0 Å². The molecule has 0 atom stereocenters. The minimum absolute atomic E-state index is 0.186. The molecule has 0 radical (unpaired) electrons. The zero-order chi connectivity index (χ0) is 18.4. The van der Waals surface area contributed by atoms with Crippen molar-refractivity contribution in [2.45, 2.75) is 32.2 Å². The van der Waals surface area contributed by atoms with Crippen LogP contribution in [0.4, 0.5) is 9.52 Å². The largest absolute Gasteiger partial charge is 0.374 e. The van der Waals surface area contributed by atoms with E-state index in [1.807, 2.05) is 6.07 Å². The molecule has 2 aromatic heterocycles. The quantitative estimate of drug-likeness (QED) is 0.557. The van der Waals surface area contributed by atoms with E-state index < -0.39 is 0 Å². The second kappa shape index (κ2) is 6.46. The molecule has 4 nitrogen and oxygen atoms in total. The van der Waals surface area contributed by atoms with Gasteiger partial charge in [-0.3, -0.25) is 0 Å². The van der Waals surface area contributed by atoms with Crippen LogP contribution in [0.3, 0.4) is 0 Å². The Labute approximate surface area is 160 Å². The van der Waals surface area contributed by atoms with Crippen LogP contribution in [0.5, 0.6) is 0 Å². The van der Waals surface area contributed by atoms with Crippen LogP contribution >= 0.6 is 11.3 Å². The van der Waals surface area contributed by atoms with Gasteiger partial charge in [-0.05, 0) is 67.1 Å². The van der Waals surface area contributed by atoms with Gasteiger partial charge in [0.1, 0.15) is 10.8 Å². The average molecular weight is 378 g/mol. The summed E-state index contributed by atoms with van der Waals surface area (Å²) in [4.78, 5) is 0. The Morgan fingerprint density at radius 3 is 2.78 bits per heavy atom. The number of anilines is 1. The van der Waals surface area contributed by atoms with Crippen LogP contribution < -0.4 is 5.73 Å². The highest BCUT2D eigenvalue weighted by Crippen LogP contribution is 2.36. The number of hydrogen-bond acceptors (Lipinski definition) is 4. The van der Waals surface area contributed by atoms with E-state index in [0.29, 0.717) is 11.7 Å². The Morgan fingerprint density at radius 2 is 1.96 bits per heavy atom. The molecule has 136 valence electrons. The van der Waals surface area contributed by atoms with E-state index >= 15 is 0 Å². The van der Waals surface area contributed by atoms with E-state index in [1.165, 1.54) is 52.4 Å². The van der Waals surface area contributed by atoms with Gasteiger partial charge in [0, 0.05) is 28.7 Å². The maximum Gasteiger partial charge on any atom is 0.203 e. The van der Waals surface area contributed by atoms with Crippen molar-refractivity contribution in [1.29, 1.82) is 0 Å². The van der Waals surface area contributed by atoms with Crippen molar-refractivity contribution in [1.82, 2.24) is 14.8 Å². The van der Waals surface area contributed by atoms with Crippen molar-refractivity contribution in [2.75, 3.05) is 5.73 Å². The summed E-state index contributed by atoms with van der Waals surface area (Å²) in [6.45, 7) is 0.689. The van der Waals surface area contributed by atoms with Crippen LogP contribution in [0.2, 0.25) is 0 Å². The maximum absolute atomic E-state index is 13.7. The Bertz CT molecular complexity index is 1140. The van der Waals surface area contributed by atoms with E-state index in [1.54, 1.807) is 12.1 Å². The summed E-state index contributed by atoms with van der Waals surface area (Å²) >= 11 is 1.40. The van der Waals surface area contributed by atoms with E-state index in [4.69, 9.17) is 5.73 Å². The van der Waals surface area contributed by atoms with Gasteiger partial charge in [-0.1, -0.05) is 23.5 Å². The van der Waals surface area contributed by atoms with Crippen molar-refractivity contribution in [2.24, 2.45) is 0 Å². The lowest BCUT2D eigenvalue weighted by Gasteiger charge is -2.16. The molecule has 2 aromatic carbocycles. The number of halogens is 1. The SMILES string of the molecule is Nc1nnc(-c2ccc3c(c2)c2c(n3Cc3cccc(F)c3)CCCC2)s1. The standard InChI is InChI=1S/C21H19FN4S/c22-15-5-3-4-13(10-15)12-26-18-7-2-1-6-16(18)17-11-14(8-9-19(17)26)20-24-25-21(23)27-20/h3-5,8-11H,1-2,6-7,12H2,(H2,23,25). The molecule has 2 heterocycles. The summed E-state index contributed by atoms with van der Waals surface area (Å²) < 4.78 is 16.0. The van der Waals surface area contributed by atoms with E-state index in [-0.39, 0.29) is 5.82 Å². The molecule has 0 saturated heterocycles. The molecule has 27 heavy (non-hydrogen) atoms. The van der Waals surface area contributed by atoms with Crippen LogP contribution in [0.25, 0.3) is 21.5 Å². The fourth-order valence-electron chi connectivity index (χ4n) is 4.12. The monoisotopic (exact) mass is 378 g/mol. The number of aryl methyl sites for hydroxylation is 1. The number of fused-ring (bicyclic) bond motifs is 3. The van der Waals surface area contributed by atoms with Gasteiger partial charge >= 0.3 is 0 Å². The summed E-state index contributed by atoms with van der Waals surface area (Å²) in [5.74, 6) is -0.186. The van der Waals surface area contributed by atoms with Gasteiger partial charge in [-0.25, -0.2) is 4.39 Å². The van der Waals surface area contributed by atoms with Gasteiger partial charge in [0.2, 0.25) is 5.13 Å². The summed E-state index contributed by atoms with van der Waals surface area (Å²) in [6.07, 6.45) is 4.57. The molecule has 0 amide bonds. The van der Waals surface area contributed by atoms with Crippen molar-refractivity contribution in [3.63, 3.8) is 0 Å². The first kappa shape index (κ1) is 16.4. The number of nitrogens with two attached hydrogens (primary N) is 1. The molecule has 0 aliphatic heterocycles. The fraction of sp³-hybridized carbons (Fsp3) is 0.238. The highest BCUT2D eigenvalue weighted by atomic mass is 32.1. The van der Waals surface area contributed by atoms with Crippen LogP contribution in [-0.2, 0) is 19.4 Å². The molecule has 0 fully saturated rings. The Hall–Kier alpha value is -2.73. The van der Waals surface area contributed by atoms with Crippen molar-refractivity contribution >= 4 is 27.4 Å². The molecule has 0 unspecified atom stereocenters. The lowest BCUT2D eigenvalue weighted by molar-refractivity contribution is 0.618. The first-order valence-corrected chi connectivity index (χ1v) is 9.98. The van der Waals surface area contributed by atoms with Crippen LogP contribution in [0.15, 0.2) is 42.5 Å². The molecular weight excluding hydrogens is 359 g/mol. The van der Waals surface area contributed by atoms with Crippen LogP contribution in [0.1, 0.15) is 29.7 Å². The van der Waals surface area contributed by atoms with Gasteiger partial charge in [-0.15, -0.1) is 10.2 Å². The van der Waals surface area contributed by atoms with Crippen LogP contribution in [0, 0.1) is 5.82 Å². The summed E-state index contributed by atoms with van der Waals surface area (Å²) in [5.41, 5.74) is 11.8. The van der Waals surface area contributed by atoms with Crippen LogP contribution in [-0.4, -0.2) is 14.8 Å². The normalized spacial score (nSPS) is 13.8. The molecule has 5 rings (SSSR count). The summed E-state index contributed by atoms with van der Waals surface area (Å²) in [6, 6.07) is 13.3. The van der Waals surface area contributed by atoms with Gasteiger partial charge < -0.3 is 10.3 Å². The minimum Gasteiger partial charge on any atom is -0.374 e. The zero-order valence-electron chi connectivity index (χ0n) is 14.8. The predicted octanol–water partition coefficient (Wildman–Crippen LogP) is 4.81. The van der Waals surface area contributed by atoms with E-state index in [9.17, 15) is 4.39 Å². The molecule has 4 aromatic rings. The first-order chi connectivity index (χ1) is 13.2. The van der Waals surface area contributed by atoms with Crippen molar-refractivity contribution < 1.29 is 4.39 Å². The lowest BCUT2D eigenvalue weighted by Crippen LogP contribution is -2.09. The van der Waals surface area contributed by atoms with Gasteiger partial charge in [0.25, 0.3) is 0 Å². The molecule has 2 N–H and O–H groups in total. The van der Waals surface area contributed by atoms with Gasteiger partial charge in [0.15, 0.2) is 0 Å². The average Bonchev–Trinajstić information content (AvgIpc) is 3.24. The number of nitrogens with zero attached hydrogens (tertiary/aromatic N) is 3. The number of rotatable bonds is 3. The third-order valence-electron chi connectivity index (χ3n) is 5.29.